The van der Waals surface area contributed by atoms with E-state index >= 15 is 0 Å². The van der Waals surface area contributed by atoms with Gasteiger partial charge >= 0.3 is 5.97 Å². The van der Waals surface area contributed by atoms with Crippen LogP contribution in [0.3, 0.4) is 0 Å². The van der Waals surface area contributed by atoms with Crippen LogP contribution in [0.5, 0.6) is 0 Å². The minimum absolute atomic E-state index is 0.0250. The number of hydrogen-bond donors (Lipinski definition) is 1. The molecule has 0 saturated carbocycles. The summed E-state index contributed by atoms with van der Waals surface area (Å²) < 4.78 is 5.12. The number of fused-ring (bicyclic) bond motifs is 3. The van der Waals surface area contributed by atoms with E-state index in [1.807, 2.05) is 0 Å². The molecule has 0 spiro atoms. The van der Waals surface area contributed by atoms with Crippen LogP contribution >= 0.6 is 0 Å². The molecule has 0 aromatic heterocycles. The SMILES string of the molecule is C=CC(=O)OCCCCc1ccc(N(c2ccc(CCCCO)cc2)c2ccc3c(c2)C(C)(CCC)c2ccccc2-3)cc1. The number of esters is 1. The second kappa shape index (κ2) is 14.5. The number of nitrogens with zero attached hydrogens (tertiary/aromatic N) is 1. The Balaban J connectivity index is 1.45. The molecule has 4 heteroatoms. The van der Waals surface area contributed by atoms with Gasteiger partial charge in [-0.25, -0.2) is 4.79 Å². The molecule has 228 valence electrons. The maximum atomic E-state index is 11.3. The maximum Gasteiger partial charge on any atom is 0.330 e. The number of aliphatic hydroxyl groups is 1. The van der Waals surface area contributed by atoms with E-state index in [0.717, 1.165) is 68.4 Å². The van der Waals surface area contributed by atoms with E-state index in [-0.39, 0.29) is 18.0 Å². The van der Waals surface area contributed by atoms with Gasteiger partial charge in [-0.1, -0.05) is 81.4 Å². The standard InChI is InChI=1S/C40H45NO3/c1-4-26-40(3)37-15-7-6-14-35(37)36-25-24-34(29-38(36)40)41(32-20-16-30(17-21-32)12-8-10-27-42)33-22-18-31(19-23-33)13-9-11-28-44-39(43)5-2/h5-7,14-25,29,42H,2,4,8-13,26-28H2,1,3H3. The fourth-order valence-corrected chi connectivity index (χ4v) is 6.65. The Morgan fingerprint density at radius 2 is 1.39 bits per heavy atom. The number of benzene rings is 4. The first-order chi connectivity index (χ1) is 21.5. The highest BCUT2D eigenvalue weighted by atomic mass is 16.5. The fraction of sp³-hybridized carbons (Fsp3) is 0.325. The van der Waals surface area contributed by atoms with Crippen LogP contribution in [0.2, 0.25) is 0 Å². The van der Waals surface area contributed by atoms with Crippen LogP contribution in [0.4, 0.5) is 17.1 Å². The maximum absolute atomic E-state index is 11.3. The smallest absolute Gasteiger partial charge is 0.330 e. The highest BCUT2D eigenvalue weighted by molar-refractivity contribution is 5.85. The number of aryl methyl sites for hydroxylation is 2. The van der Waals surface area contributed by atoms with Crippen molar-refractivity contribution in [3.8, 4) is 11.1 Å². The van der Waals surface area contributed by atoms with Gasteiger partial charge in [0.15, 0.2) is 0 Å². The van der Waals surface area contributed by atoms with E-state index in [1.165, 1.54) is 39.5 Å². The van der Waals surface area contributed by atoms with Crippen LogP contribution in [0.25, 0.3) is 11.1 Å². The van der Waals surface area contributed by atoms with Crippen molar-refractivity contribution in [2.75, 3.05) is 18.1 Å². The van der Waals surface area contributed by atoms with Crippen LogP contribution in [0, 0.1) is 0 Å². The molecule has 0 radical (unpaired) electrons. The van der Waals surface area contributed by atoms with Gasteiger partial charge in [0.05, 0.1) is 6.61 Å². The van der Waals surface area contributed by atoms with Crippen molar-refractivity contribution in [2.24, 2.45) is 0 Å². The first-order valence-electron chi connectivity index (χ1n) is 16.1. The zero-order valence-electron chi connectivity index (χ0n) is 26.2. The van der Waals surface area contributed by atoms with Crippen LogP contribution in [-0.2, 0) is 27.8 Å². The molecule has 5 rings (SSSR count). The Labute approximate surface area is 263 Å². The summed E-state index contributed by atoms with van der Waals surface area (Å²) in [6, 6.07) is 33.6. The summed E-state index contributed by atoms with van der Waals surface area (Å²) in [7, 11) is 0. The summed E-state index contributed by atoms with van der Waals surface area (Å²) in [5, 5.41) is 9.20. The summed E-state index contributed by atoms with van der Waals surface area (Å²) in [5.74, 6) is -0.363. The van der Waals surface area contributed by atoms with Crippen LogP contribution in [0.15, 0.2) is 104 Å². The molecule has 1 N–H and O–H groups in total. The molecule has 1 aliphatic rings. The molecule has 0 amide bonds. The van der Waals surface area contributed by atoms with Crippen LogP contribution in [-0.4, -0.2) is 24.3 Å². The zero-order chi connectivity index (χ0) is 30.9. The molecule has 0 saturated heterocycles. The normalized spacial score (nSPS) is 15.0. The average Bonchev–Trinajstić information content (AvgIpc) is 3.30. The van der Waals surface area contributed by atoms with Gasteiger partial charge in [-0.3, -0.25) is 0 Å². The first kappa shape index (κ1) is 31.3. The van der Waals surface area contributed by atoms with Crippen molar-refractivity contribution in [2.45, 2.75) is 70.6 Å². The predicted octanol–water partition coefficient (Wildman–Crippen LogP) is 9.61. The largest absolute Gasteiger partial charge is 0.463 e. The third-order valence-electron chi connectivity index (χ3n) is 8.95. The van der Waals surface area contributed by atoms with Crippen molar-refractivity contribution < 1.29 is 14.6 Å². The van der Waals surface area contributed by atoms with Crippen LogP contribution in [0.1, 0.15) is 74.6 Å². The molecular formula is C40H45NO3. The summed E-state index contributed by atoms with van der Waals surface area (Å²) in [5.41, 5.74) is 11.5. The van der Waals surface area contributed by atoms with Gasteiger partial charge in [0.25, 0.3) is 0 Å². The molecule has 4 aromatic rings. The fourth-order valence-electron chi connectivity index (χ4n) is 6.65. The van der Waals surface area contributed by atoms with E-state index in [0.29, 0.717) is 6.61 Å². The highest BCUT2D eigenvalue weighted by Crippen LogP contribution is 2.52. The highest BCUT2D eigenvalue weighted by Gasteiger charge is 2.38. The summed E-state index contributed by atoms with van der Waals surface area (Å²) >= 11 is 0. The van der Waals surface area contributed by atoms with Gasteiger partial charge in [0, 0.05) is 35.2 Å². The van der Waals surface area contributed by atoms with E-state index < -0.39 is 0 Å². The van der Waals surface area contributed by atoms with Gasteiger partial charge in [-0.05, 0) is 115 Å². The summed E-state index contributed by atoms with van der Waals surface area (Å²) in [6.07, 6.45) is 8.92. The topological polar surface area (TPSA) is 49.8 Å². The summed E-state index contributed by atoms with van der Waals surface area (Å²) in [4.78, 5) is 13.7. The van der Waals surface area contributed by atoms with Crippen LogP contribution < -0.4 is 4.90 Å². The lowest BCUT2D eigenvalue weighted by molar-refractivity contribution is -0.137. The number of aliphatic hydroxyl groups excluding tert-OH is 1. The molecule has 44 heavy (non-hydrogen) atoms. The molecule has 4 aromatic carbocycles. The second-order valence-electron chi connectivity index (χ2n) is 12.0. The summed E-state index contributed by atoms with van der Waals surface area (Å²) in [6.45, 7) is 8.79. The first-order valence-corrected chi connectivity index (χ1v) is 16.1. The Hall–Kier alpha value is -4.15. The molecule has 1 unspecified atom stereocenters. The molecule has 0 heterocycles. The van der Waals surface area contributed by atoms with E-state index in [1.54, 1.807) is 0 Å². The van der Waals surface area contributed by atoms with E-state index in [4.69, 9.17) is 4.74 Å². The lowest BCUT2D eigenvalue weighted by atomic mass is 9.76. The van der Waals surface area contributed by atoms with Gasteiger partial charge in [-0.15, -0.1) is 0 Å². The number of anilines is 3. The number of carbonyl (C=O) groups is 1. The van der Waals surface area contributed by atoms with Crippen molar-refractivity contribution in [3.05, 3.63) is 126 Å². The quantitative estimate of drug-likeness (QED) is 0.0855. The Kier molecular flexibility index (Phi) is 10.3. The number of rotatable bonds is 15. The Morgan fingerprint density at radius 1 is 0.795 bits per heavy atom. The van der Waals surface area contributed by atoms with Crippen molar-refractivity contribution in [1.29, 1.82) is 0 Å². The second-order valence-corrected chi connectivity index (χ2v) is 12.0. The van der Waals surface area contributed by atoms with Crippen molar-refractivity contribution in [3.63, 3.8) is 0 Å². The van der Waals surface area contributed by atoms with Gasteiger partial charge in [-0.2, -0.15) is 0 Å². The molecule has 1 aliphatic carbocycles. The lowest BCUT2D eigenvalue weighted by Crippen LogP contribution is -2.21. The zero-order valence-corrected chi connectivity index (χ0v) is 26.2. The van der Waals surface area contributed by atoms with Gasteiger partial charge in [0.1, 0.15) is 0 Å². The Bertz CT molecular complexity index is 1560. The minimum Gasteiger partial charge on any atom is -0.463 e. The number of unbranched alkanes of at least 4 members (excludes halogenated alkanes) is 2. The van der Waals surface area contributed by atoms with Crippen molar-refractivity contribution in [1.82, 2.24) is 0 Å². The van der Waals surface area contributed by atoms with E-state index in [2.05, 4.69) is 116 Å². The number of carbonyl (C=O) groups excluding carboxylic acids is 1. The minimum atomic E-state index is -0.363. The third-order valence-corrected chi connectivity index (χ3v) is 8.95. The van der Waals surface area contributed by atoms with Gasteiger partial charge < -0.3 is 14.7 Å². The molecule has 4 nitrogen and oxygen atoms in total. The molecule has 1 atom stereocenters. The third kappa shape index (κ3) is 6.81. The van der Waals surface area contributed by atoms with Gasteiger partial charge in [0.2, 0.25) is 0 Å². The lowest BCUT2D eigenvalue weighted by Gasteiger charge is -2.30. The molecule has 0 fully saturated rings. The number of hydrogen-bond acceptors (Lipinski definition) is 4. The average molecular weight is 588 g/mol. The monoisotopic (exact) mass is 587 g/mol. The predicted molar refractivity (Wildman–Crippen MR) is 182 cm³/mol. The van der Waals surface area contributed by atoms with Crippen molar-refractivity contribution >= 4 is 23.0 Å². The molecule has 0 aliphatic heterocycles. The van der Waals surface area contributed by atoms with E-state index in [9.17, 15) is 9.90 Å². The molecule has 0 bridgehead atoms. The Morgan fingerprint density at radius 3 is 2.00 bits per heavy atom. The number of ether oxygens (including phenoxy) is 1. The molecular weight excluding hydrogens is 542 g/mol.